The molecule has 0 aliphatic heterocycles. The number of rotatable bonds is 11. The van der Waals surface area contributed by atoms with E-state index in [1.54, 1.807) is 0 Å². The maximum Gasteiger partial charge on any atom is 0.350 e. The van der Waals surface area contributed by atoms with Crippen molar-refractivity contribution in [1.29, 1.82) is 0 Å². The standard InChI is InChI=1S/C11H25O4P/c1-2-3-4-5-6-7-8-9-10-15-11-16(12,13)14/h2-11H2,1H3,(H2,12,13,14). The largest absolute Gasteiger partial charge is 0.369 e. The lowest BCUT2D eigenvalue weighted by Gasteiger charge is -2.05. The van der Waals surface area contributed by atoms with E-state index in [1.807, 2.05) is 0 Å². The average molecular weight is 252 g/mol. The van der Waals surface area contributed by atoms with Gasteiger partial charge in [0.1, 0.15) is 6.35 Å². The maximum atomic E-state index is 10.4. The van der Waals surface area contributed by atoms with E-state index in [-0.39, 0.29) is 0 Å². The molecule has 0 aromatic rings. The molecule has 0 fully saturated rings. The summed E-state index contributed by atoms with van der Waals surface area (Å²) in [6.07, 6.45) is 9.23. The minimum atomic E-state index is -3.96. The molecule has 16 heavy (non-hydrogen) atoms. The van der Waals surface area contributed by atoms with Crippen LogP contribution in [0.25, 0.3) is 0 Å². The molecule has 0 aromatic heterocycles. The van der Waals surface area contributed by atoms with E-state index in [9.17, 15) is 4.57 Å². The topological polar surface area (TPSA) is 66.8 Å². The van der Waals surface area contributed by atoms with Crippen molar-refractivity contribution in [3.05, 3.63) is 0 Å². The van der Waals surface area contributed by atoms with Gasteiger partial charge in [0, 0.05) is 6.61 Å². The zero-order chi connectivity index (χ0) is 12.3. The Balaban J connectivity index is 3.02. The van der Waals surface area contributed by atoms with Gasteiger partial charge in [-0.25, -0.2) is 0 Å². The predicted molar refractivity (Wildman–Crippen MR) is 65.5 cm³/mol. The van der Waals surface area contributed by atoms with Gasteiger partial charge in [0.25, 0.3) is 0 Å². The van der Waals surface area contributed by atoms with Gasteiger partial charge < -0.3 is 14.5 Å². The second kappa shape index (κ2) is 10.3. The lowest BCUT2D eigenvalue weighted by atomic mass is 10.1. The van der Waals surface area contributed by atoms with Gasteiger partial charge in [-0.2, -0.15) is 0 Å². The van der Waals surface area contributed by atoms with Crippen LogP contribution in [0.4, 0.5) is 0 Å². The van der Waals surface area contributed by atoms with Crippen LogP contribution in [-0.4, -0.2) is 22.7 Å². The fourth-order valence-electron chi connectivity index (χ4n) is 1.52. The van der Waals surface area contributed by atoms with Crippen LogP contribution in [0, 0.1) is 0 Å². The van der Waals surface area contributed by atoms with Crippen LogP contribution < -0.4 is 0 Å². The van der Waals surface area contributed by atoms with Gasteiger partial charge in [-0.15, -0.1) is 0 Å². The predicted octanol–water partition coefficient (Wildman–Crippen LogP) is 3.28. The molecule has 0 saturated heterocycles. The van der Waals surface area contributed by atoms with E-state index in [0.29, 0.717) is 6.61 Å². The molecule has 0 heterocycles. The summed E-state index contributed by atoms with van der Waals surface area (Å²) in [7, 11) is -3.96. The molecule has 0 unspecified atom stereocenters. The number of ether oxygens (including phenoxy) is 1. The number of unbranched alkanes of at least 4 members (excludes halogenated alkanes) is 7. The minimum absolute atomic E-state index is 0.441. The molecule has 5 heteroatoms. The van der Waals surface area contributed by atoms with E-state index in [0.717, 1.165) is 12.8 Å². The zero-order valence-electron chi connectivity index (χ0n) is 10.2. The van der Waals surface area contributed by atoms with E-state index >= 15 is 0 Å². The molecule has 0 radical (unpaired) electrons. The van der Waals surface area contributed by atoms with Gasteiger partial charge in [-0.05, 0) is 6.42 Å². The monoisotopic (exact) mass is 252 g/mol. The summed E-state index contributed by atoms with van der Waals surface area (Å²) < 4.78 is 15.3. The van der Waals surface area contributed by atoms with Crippen molar-refractivity contribution < 1.29 is 19.1 Å². The molecule has 0 saturated carbocycles. The molecule has 0 spiro atoms. The Labute approximate surface area is 98.6 Å². The third kappa shape index (κ3) is 14.1. The summed E-state index contributed by atoms with van der Waals surface area (Å²) in [6.45, 7) is 2.67. The first kappa shape index (κ1) is 16.1. The molecule has 0 aliphatic carbocycles. The summed E-state index contributed by atoms with van der Waals surface area (Å²) in [4.78, 5) is 17.1. The Hall–Kier alpha value is 0.110. The van der Waals surface area contributed by atoms with E-state index in [2.05, 4.69) is 6.92 Å². The van der Waals surface area contributed by atoms with Crippen molar-refractivity contribution in [2.45, 2.75) is 58.3 Å². The lowest BCUT2D eigenvalue weighted by Crippen LogP contribution is -1.97. The molecule has 0 aromatic carbocycles. The van der Waals surface area contributed by atoms with Gasteiger partial charge in [0.2, 0.25) is 0 Å². The first-order chi connectivity index (χ1) is 7.56. The second-order valence-electron chi connectivity index (χ2n) is 4.18. The molecular weight excluding hydrogens is 227 g/mol. The number of hydrogen-bond donors (Lipinski definition) is 2. The van der Waals surface area contributed by atoms with Crippen LogP contribution in [0.5, 0.6) is 0 Å². The first-order valence-corrected chi connectivity index (χ1v) is 7.98. The molecule has 0 aliphatic rings. The van der Waals surface area contributed by atoms with Gasteiger partial charge >= 0.3 is 7.60 Å². The van der Waals surface area contributed by atoms with Gasteiger partial charge in [-0.1, -0.05) is 51.9 Å². The van der Waals surface area contributed by atoms with Crippen LogP contribution in [0.2, 0.25) is 0 Å². The lowest BCUT2D eigenvalue weighted by molar-refractivity contribution is 0.152. The molecular formula is C11H25O4P. The normalized spacial score (nSPS) is 11.9. The van der Waals surface area contributed by atoms with Crippen molar-refractivity contribution in [1.82, 2.24) is 0 Å². The molecule has 2 N–H and O–H groups in total. The summed E-state index contributed by atoms with van der Waals surface area (Å²) in [5.74, 6) is 0. The van der Waals surface area contributed by atoms with Crippen molar-refractivity contribution in [3.63, 3.8) is 0 Å². The van der Waals surface area contributed by atoms with Crippen LogP contribution in [0.3, 0.4) is 0 Å². The third-order valence-corrected chi connectivity index (χ3v) is 2.92. The summed E-state index contributed by atoms with van der Waals surface area (Å²) in [6, 6.07) is 0. The Morgan fingerprint density at radius 3 is 1.94 bits per heavy atom. The Bertz CT molecular complexity index is 190. The Morgan fingerprint density at radius 2 is 1.44 bits per heavy atom. The highest BCUT2D eigenvalue weighted by molar-refractivity contribution is 7.51. The van der Waals surface area contributed by atoms with Crippen LogP contribution in [0.15, 0.2) is 0 Å². The molecule has 0 rings (SSSR count). The molecule has 0 atom stereocenters. The zero-order valence-corrected chi connectivity index (χ0v) is 11.1. The summed E-state index contributed by atoms with van der Waals surface area (Å²) >= 11 is 0. The quantitative estimate of drug-likeness (QED) is 0.437. The van der Waals surface area contributed by atoms with Gasteiger partial charge in [0.15, 0.2) is 0 Å². The van der Waals surface area contributed by atoms with Crippen LogP contribution in [-0.2, 0) is 9.30 Å². The van der Waals surface area contributed by atoms with Crippen LogP contribution in [0.1, 0.15) is 58.3 Å². The highest BCUT2D eigenvalue weighted by Gasteiger charge is 2.11. The molecule has 0 amide bonds. The third-order valence-electron chi connectivity index (χ3n) is 2.40. The van der Waals surface area contributed by atoms with E-state index in [4.69, 9.17) is 14.5 Å². The van der Waals surface area contributed by atoms with E-state index < -0.39 is 13.9 Å². The SMILES string of the molecule is CCCCCCCCCCOCP(=O)(O)O. The summed E-state index contributed by atoms with van der Waals surface area (Å²) in [5, 5.41) is 0. The molecule has 0 bridgehead atoms. The van der Waals surface area contributed by atoms with Crippen molar-refractivity contribution in [2.24, 2.45) is 0 Å². The first-order valence-electron chi connectivity index (χ1n) is 6.18. The number of hydrogen-bond acceptors (Lipinski definition) is 2. The smallest absolute Gasteiger partial charge is 0.350 e. The average Bonchev–Trinajstić information content (AvgIpc) is 2.19. The highest BCUT2D eigenvalue weighted by atomic mass is 31.2. The highest BCUT2D eigenvalue weighted by Crippen LogP contribution is 2.33. The van der Waals surface area contributed by atoms with Crippen molar-refractivity contribution in [3.8, 4) is 0 Å². The molecule has 4 nitrogen and oxygen atoms in total. The van der Waals surface area contributed by atoms with Gasteiger partial charge in [-0.3, -0.25) is 4.57 Å². The van der Waals surface area contributed by atoms with E-state index in [1.165, 1.54) is 38.5 Å². The molecule has 98 valence electrons. The summed E-state index contributed by atoms with van der Waals surface area (Å²) in [5.41, 5.74) is 0. The Morgan fingerprint density at radius 1 is 0.938 bits per heavy atom. The van der Waals surface area contributed by atoms with Gasteiger partial charge in [0.05, 0.1) is 0 Å². The fraction of sp³-hybridized carbons (Fsp3) is 1.00. The minimum Gasteiger partial charge on any atom is -0.369 e. The fourth-order valence-corrected chi connectivity index (χ4v) is 1.89. The Kier molecular flexibility index (Phi) is 10.3. The van der Waals surface area contributed by atoms with Crippen LogP contribution >= 0.6 is 7.60 Å². The maximum absolute atomic E-state index is 10.4. The van der Waals surface area contributed by atoms with Crippen molar-refractivity contribution in [2.75, 3.05) is 13.0 Å². The second-order valence-corrected chi connectivity index (χ2v) is 5.76. The van der Waals surface area contributed by atoms with Crippen molar-refractivity contribution >= 4 is 7.60 Å².